The van der Waals surface area contributed by atoms with Gasteiger partial charge in [0.25, 0.3) is 5.91 Å². The van der Waals surface area contributed by atoms with Gasteiger partial charge < -0.3 is 14.7 Å². The van der Waals surface area contributed by atoms with Crippen molar-refractivity contribution in [2.75, 3.05) is 26.8 Å². The summed E-state index contributed by atoms with van der Waals surface area (Å²) in [5, 5.41) is 8.72. The van der Waals surface area contributed by atoms with E-state index in [-0.39, 0.29) is 12.5 Å². The second kappa shape index (κ2) is 6.57. The molecule has 0 unspecified atom stereocenters. The Kier molecular flexibility index (Phi) is 4.80. The molecule has 1 aliphatic heterocycles. The second-order valence-electron chi connectivity index (χ2n) is 4.93. The number of unbranched alkanes of at least 4 members (excludes halogenated alkanes) is 2. The molecule has 2 rings (SSSR count). The van der Waals surface area contributed by atoms with E-state index < -0.39 is 0 Å². The van der Waals surface area contributed by atoms with Gasteiger partial charge in [-0.15, -0.1) is 0 Å². The fourth-order valence-corrected chi connectivity index (χ4v) is 2.28. The molecule has 0 bridgehead atoms. The molecule has 0 aliphatic carbocycles. The zero-order valence-corrected chi connectivity index (χ0v) is 11.4. The number of hydrogen-bond acceptors (Lipinski definition) is 3. The smallest absolute Gasteiger partial charge is 0.253 e. The Bertz CT molecular complexity index is 445. The maximum atomic E-state index is 12.2. The average Bonchev–Trinajstić information content (AvgIpc) is 2.89. The fourth-order valence-electron chi connectivity index (χ4n) is 2.28. The molecule has 104 valence electrons. The van der Waals surface area contributed by atoms with Gasteiger partial charge in [-0.2, -0.15) is 0 Å². The highest BCUT2D eigenvalue weighted by Gasteiger charge is 2.17. The van der Waals surface area contributed by atoms with Crippen LogP contribution >= 0.6 is 0 Å². The van der Waals surface area contributed by atoms with Gasteiger partial charge in [0, 0.05) is 32.2 Å². The highest BCUT2D eigenvalue weighted by molar-refractivity contribution is 5.94. The minimum atomic E-state index is 0.0544. The summed E-state index contributed by atoms with van der Waals surface area (Å²) in [6.07, 6.45) is 3.57. The van der Waals surface area contributed by atoms with Crippen LogP contribution in [-0.2, 0) is 6.42 Å². The molecule has 0 fully saturated rings. The first kappa shape index (κ1) is 13.9. The van der Waals surface area contributed by atoms with E-state index in [0.29, 0.717) is 6.61 Å². The summed E-state index contributed by atoms with van der Waals surface area (Å²) in [5.74, 6) is 0.959. The quantitative estimate of drug-likeness (QED) is 0.797. The summed E-state index contributed by atoms with van der Waals surface area (Å²) in [7, 11) is 1.82. The van der Waals surface area contributed by atoms with E-state index in [9.17, 15) is 4.79 Å². The van der Waals surface area contributed by atoms with Gasteiger partial charge in [-0.25, -0.2) is 0 Å². The van der Waals surface area contributed by atoms with Crippen molar-refractivity contribution in [3.05, 3.63) is 29.3 Å². The molecule has 1 aliphatic rings. The van der Waals surface area contributed by atoms with Crippen LogP contribution in [0.2, 0.25) is 0 Å². The molecule has 0 radical (unpaired) electrons. The Morgan fingerprint density at radius 1 is 1.37 bits per heavy atom. The number of fused-ring (bicyclic) bond motifs is 1. The number of rotatable bonds is 6. The van der Waals surface area contributed by atoms with E-state index in [1.165, 1.54) is 0 Å². The Hall–Kier alpha value is -1.55. The summed E-state index contributed by atoms with van der Waals surface area (Å²) >= 11 is 0. The van der Waals surface area contributed by atoms with Crippen molar-refractivity contribution in [3.63, 3.8) is 0 Å². The molecule has 0 saturated heterocycles. The molecule has 4 nitrogen and oxygen atoms in total. The van der Waals surface area contributed by atoms with Crippen LogP contribution in [0, 0.1) is 0 Å². The number of carbonyl (C=O) groups is 1. The molecule has 0 saturated carbocycles. The molecule has 1 N–H and O–H groups in total. The van der Waals surface area contributed by atoms with Crippen LogP contribution in [0.1, 0.15) is 35.2 Å². The van der Waals surface area contributed by atoms with E-state index in [0.717, 1.165) is 49.1 Å². The van der Waals surface area contributed by atoms with Gasteiger partial charge >= 0.3 is 0 Å². The number of aliphatic hydroxyl groups is 1. The molecule has 0 atom stereocenters. The summed E-state index contributed by atoms with van der Waals surface area (Å²) in [4.78, 5) is 14.0. The van der Waals surface area contributed by atoms with Gasteiger partial charge in [0.05, 0.1) is 6.61 Å². The molecule has 4 heteroatoms. The van der Waals surface area contributed by atoms with E-state index >= 15 is 0 Å². The maximum absolute atomic E-state index is 12.2. The molecule has 1 amide bonds. The maximum Gasteiger partial charge on any atom is 0.253 e. The van der Waals surface area contributed by atoms with E-state index in [2.05, 4.69) is 0 Å². The lowest BCUT2D eigenvalue weighted by atomic mass is 10.1. The first-order chi connectivity index (χ1) is 9.22. The number of ether oxygens (including phenoxy) is 1. The highest BCUT2D eigenvalue weighted by atomic mass is 16.5. The SMILES string of the molecule is CN(CCCCCO)C(=O)c1ccc2c(c1)CCO2. The highest BCUT2D eigenvalue weighted by Crippen LogP contribution is 2.26. The Morgan fingerprint density at radius 2 is 2.21 bits per heavy atom. The van der Waals surface area contributed by atoms with Gasteiger partial charge in [-0.1, -0.05) is 0 Å². The molecular weight excluding hydrogens is 242 g/mol. The number of aliphatic hydroxyl groups excluding tert-OH is 1. The largest absolute Gasteiger partial charge is 0.493 e. The zero-order chi connectivity index (χ0) is 13.7. The van der Waals surface area contributed by atoms with Crippen molar-refractivity contribution in [3.8, 4) is 5.75 Å². The van der Waals surface area contributed by atoms with Crippen LogP contribution in [0.3, 0.4) is 0 Å². The first-order valence-electron chi connectivity index (χ1n) is 6.84. The predicted molar refractivity (Wildman–Crippen MR) is 73.5 cm³/mol. The molecule has 1 heterocycles. The van der Waals surface area contributed by atoms with Gasteiger partial charge in [0.15, 0.2) is 0 Å². The van der Waals surface area contributed by atoms with Crippen molar-refractivity contribution < 1.29 is 14.6 Å². The third-order valence-corrected chi connectivity index (χ3v) is 3.43. The molecule has 0 aromatic heterocycles. The second-order valence-corrected chi connectivity index (χ2v) is 4.93. The lowest BCUT2D eigenvalue weighted by Crippen LogP contribution is -2.27. The topological polar surface area (TPSA) is 49.8 Å². The molecular formula is C15H21NO3. The van der Waals surface area contributed by atoms with Gasteiger partial charge in [0.2, 0.25) is 0 Å². The van der Waals surface area contributed by atoms with E-state index in [4.69, 9.17) is 9.84 Å². The standard InChI is InChI=1S/C15H21NO3/c1-16(8-3-2-4-9-17)15(18)13-5-6-14-12(11-13)7-10-19-14/h5-6,11,17H,2-4,7-10H2,1H3. The summed E-state index contributed by atoms with van der Waals surface area (Å²) in [6.45, 7) is 1.67. The van der Waals surface area contributed by atoms with E-state index in [1.54, 1.807) is 4.90 Å². The minimum absolute atomic E-state index is 0.0544. The molecule has 19 heavy (non-hydrogen) atoms. The summed E-state index contributed by atoms with van der Waals surface area (Å²) in [6, 6.07) is 5.65. The lowest BCUT2D eigenvalue weighted by Gasteiger charge is -2.17. The Labute approximate surface area is 114 Å². The third kappa shape index (κ3) is 3.47. The van der Waals surface area contributed by atoms with Crippen LogP contribution in [0.15, 0.2) is 18.2 Å². The normalized spacial score (nSPS) is 12.9. The Balaban J connectivity index is 1.91. The van der Waals surface area contributed by atoms with Crippen molar-refractivity contribution in [1.82, 2.24) is 4.90 Å². The van der Waals surface area contributed by atoms with Crippen molar-refractivity contribution >= 4 is 5.91 Å². The van der Waals surface area contributed by atoms with Crippen LogP contribution in [0.5, 0.6) is 5.75 Å². The van der Waals surface area contributed by atoms with Crippen LogP contribution in [0.25, 0.3) is 0 Å². The van der Waals surface area contributed by atoms with Crippen molar-refractivity contribution in [1.29, 1.82) is 0 Å². The van der Waals surface area contributed by atoms with Crippen LogP contribution < -0.4 is 4.74 Å². The van der Waals surface area contributed by atoms with Crippen LogP contribution in [-0.4, -0.2) is 42.7 Å². The zero-order valence-electron chi connectivity index (χ0n) is 11.4. The number of hydrogen-bond donors (Lipinski definition) is 1. The number of carbonyl (C=O) groups excluding carboxylic acids is 1. The van der Waals surface area contributed by atoms with Gasteiger partial charge in [-0.3, -0.25) is 4.79 Å². The molecule has 1 aromatic rings. The molecule has 0 spiro atoms. The number of nitrogens with zero attached hydrogens (tertiary/aromatic N) is 1. The monoisotopic (exact) mass is 263 g/mol. The Morgan fingerprint density at radius 3 is 3.00 bits per heavy atom. The minimum Gasteiger partial charge on any atom is -0.493 e. The van der Waals surface area contributed by atoms with Gasteiger partial charge in [0.1, 0.15) is 5.75 Å². The third-order valence-electron chi connectivity index (χ3n) is 3.43. The number of amides is 1. The summed E-state index contributed by atoms with van der Waals surface area (Å²) < 4.78 is 5.44. The average molecular weight is 263 g/mol. The van der Waals surface area contributed by atoms with Crippen LogP contribution in [0.4, 0.5) is 0 Å². The van der Waals surface area contributed by atoms with Crippen molar-refractivity contribution in [2.45, 2.75) is 25.7 Å². The molecule has 1 aromatic carbocycles. The fraction of sp³-hybridized carbons (Fsp3) is 0.533. The lowest BCUT2D eigenvalue weighted by molar-refractivity contribution is 0.0792. The van der Waals surface area contributed by atoms with Crippen molar-refractivity contribution in [2.24, 2.45) is 0 Å². The van der Waals surface area contributed by atoms with E-state index in [1.807, 2.05) is 25.2 Å². The first-order valence-corrected chi connectivity index (χ1v) is 6.84. The summed E-state index contributed by atoms with van der Waals surface area (Å²) in [5.41, 5.74) is 1.86. The predicted octanol–water partition coefficient (Wildman–Crippen LogP) is 1.86. The number of benzene rings is 1. The van der Waals surface area contributed by atoms with Gasteiger partial charge in [-0.05, 0) is 43.0 Å².